The second-order valence-corrected chi connectivity index (χ2v) is 16.9. The summed E-state index contributed by atoms with van der Waals surface area (Å²) in [6, 6.07) is 17.3. The Balaban J connectivity index is 2.21. The monoisotopic (exact) mass is 502 g/mol. The van der Waals surface area contributed by atoms with E-state index in [-0.39, 0.29) is 9.93 Å². The minimum absolute atomic E-state index is 0.114. The summed E-state index contributed by atoms with van der Waals surface area (Å²) < 4.78 is 34.8. The van der Waals surface area contributed by atoms with Crippen molar-refractivity contribution in [1.82, 2.24) is 9.37 Å². The minimum atomic E-state index is -3.77. The van der Waals surface area contributed by atoms with E-state index in [9.17, 15) is 8.42 Å². The van der Waals surface area contributed by atoms with Crippen molar-refractivity contribution in [3.63, 3.8) is 0 Å². The summed E-state index contributed by atoms with van der Waals surface area (Å²) in [4.78, 5) is 2.62. The van der Waals surface area contributed by atoms with Gasteiger partial charge in [-0.25, -0.2) is 8.42 Å². The molecule has 34 heavy (non-hydrogen) atoms. The third kappa shape index (κ3) is 8.17. The lowest BCUT2D eigenvalue weighted by Gasteiger charge is -2.39. The Morgan fingerprint density at radius 2 is 1.59 bits per heavy atom. The van der Waals surface area contributed by atoms with Crippen LogP contribution in [0.2, 0.25) is 18.1 Å². The van der Waals surface area contributed by atoms with E-state index < -0.39 is 18.3 Å². The van der Waals surface area contributed by atoms with Crippen molar-refractivity contribution in [3.05, 3.63) is 78.4 Å². The van der Waals surface area contributed by atoms with Crippen LogP contribution in [0.3, 0.4) is 0 Å². The average molecular weight is 503 g/mol. The Morgan fingerprint density at radius 3 is 2.15 bits per heavy atom. The van der Waals surface area contributed by atoms with Crippen LogP contribution < -0.4 is 0 Å². The standard InChI is InChI=1S/C27H42N2O3SSi/c1-8-9-20-28(23-25-14-11-10-12-15-25)21-13-22-29(32-34(6,7)27(3,4)5)33(30,31)26-18-16-24(2)17-19-26/h8,10-12,14-19H,1,9,13,20-23H2,2-7H3. The van der Waals surface area contributed by atoms with Crippen LogP contribution in [-0.4, -0.2) is 45.7 Å². The summed E-state index contributed by atoms with van der Waals surface area (Å²) >= 11 is 0. The fourth-order valence-corrected chi connectivity index (χ4v) is 6.15. The van der Waals surface area contributed by atoms with Crippen molar-refractivity contribution in [2.24, 2.45) is 0 Å². The molecule has 0 unspecified atom stereocenters. The molecule has 2 aromatic rings. The number of hydrogen-bond acceptors (Lipinski definition) is 4. The summed E-state index contributed by atoms with van der Waals surface area (Å²) in [5.74, 6) is 0. The van der Waals surface area contributed by atoms with Gasteiger partial charge < -0.3 is 4.53 Å². The van der Waals surface area contributed by atoms with E-state index in [1.54, 1.807) is 12.1 Å². The number of rotatable bonds is 13. The third-order valence-electron chi connectivity index (χ3n) is 6.44. The number of hydroxylamine groups is 1. The van der Waals surface area contributed by atoms with Crippen LogP contribution in [0.4, 0.5) is 0 Å². The Kier molecular flexibility index (Phi) is 10.3. The minimum Gasteiger partial charge on any atom is -0.329 e. The highest BCUT2D eigenvalue weighted by atomic mass is 32.2. The van der Waals surface area contributed by atoms with Crippen molar-refractivity contribution in [1.29, 1.82) is 0 Å². The van der Waals surface area contributed by atoms with Crippen molar-refractivity contribution in [2.75, 3.05) is 19.6 Å². The smallest absolute Gasteiger partial charge is 0.264 e. The van der Waals surface area contributed by atoms with Crippen molar-refractivity contribution in [3.8, 4) is 0 Å². The number of benzene rings is 2. The van der Waals surface area contributed by atoms with Crippen LogP contribution in [0.15, 0.2) is 72.1 Å². The van der Waals surface area contributed by atoms with Crippen LogP contribution in [0.5, 0.6) is 0 Å². The highest BCUT2D eigenvalue weighted by Crippen LogP contribution is 2.38. The maximum Gasteiger partial charge on any atom is 0.264 e. The zero-order valence-electron chi connectivity index (χ0n) is 21.8. The largest absolute Gasteiger partial charge is 0.329 e. The van der Waals surface area contributed by atoms with Gasteiger partial charge in [-0.15, -0.1) is 6.58 Å². The molecular formula is C27H42N2O3SSi. The number of sulfonamides is 1. The predicted molar refractivity (Wildman–Crippen MR) is 145 cm³/mol. The zero-order valence-corrected chi connectivity index (χ0v) is 23.6. The van der Waals surface area contributed by atoms with Crippen molar-refractivity contribution < 1.29 is 12.9 Å². The highest BCUT2D eigenvalue weighted by molar-refractivity contribution is 7.89. The van der Waals surface area contributed by atoms with E-state index >= 15 is 0 Å². The lowest BCUT2D eigenvalue weighted by Crippen LogP contribution is -2.49. The maximum absolute atomic E-state index is 13.6. The second-order valence-electron chi connectivity index (χ2n) is 10.4. The van der Waals surface area contributed by atoms with Gasteiger partial charge in [-0.3, -0.25) is 4.90 Å². The number of aryl methyl sites for hydroxylation is 1. The molecule has 0 saturated carbocycles. The molecule has 7 heteroatoms. The van der Waals surface area contributed by atoms with Gasteiger partial charge in [0, 0.05) is 19.6 Å². The zero-order chi connectivity index (χ0) is 25.4. The molecule has 0 N–H and O–H groups in total. The second kappa shape index (κ2) is 12.3. The van der Waals surface area contributed by atoms with E-state index in [1.165, 1.54) is 10.0 Å². The Morgan fingerprint density at radius 1 is 0.971 bits per heavy atom. The highest BCUT2D eigenvalue weighted by Gasteiger charge is 2.42. The summed E-state index contributed by atoms with van der Waals surface area (Å²) in [5.41, 5.74) is 2.27. The summed E-state index contributed by atoms with van der Waals surface area (Å²) in [6.45, 7) is 19.1. The molecule has 0 atom stereocenters. The first-order valence-electron chi connectivity index (χ1n) is 12.0. The number of nitrogens with zero attached hydrogens (tertiary/aromatic N) is 2. The van der Waals surface area contributed by atoms with E-state index in [0.29, 0.717) is 13.0 Å². The molecule has 0 aliphatic heterocycles. The van der Waals surface area contributed by atoms with Crippen molar-refractivity contribution >= 4 is 18.3 Å². The molecule has 0 aromatic heterocycles. The predicted octanol–water partition coefficient (Wildman–Crippen LogP) is 6.39. The van der Waals surface area contributed by atoms with Gasteiger partial charge in [0.2, 0.25) is 8.32 Å². The Hall–Kier alpha value is -1.77. The van der Waals surface area contributed by atoms with E-state index in [0.717, 1.165) is 31.6 Å². The molecule has 0 bridgehead atoms. The van der Waals surface area contributed by atoms with Gasteiger partial charge in [0.05, 0.1) is 4.90 Å². The van der Waals surface area contributed by atoms with Crippen LogP contribution >= 0.6 is 0 Å². The molecule has 188 valence electrons. The average Bonchev–Trinajstić information content (AvgIpc) is 2.76. The van der Waals surface area contributed by atoms with Crippen LogP contribution in [0, 0.1) is 6.92 Å². The Bertz CT molecular complexity index is 1000. The molecule has 0 saturated heterocycles. The van der Waals surface area contributed by atoms with E-state index in [1.807, 2.05) is 43.3 Å². The molecule has 0 radical (unpaired) electrons. The first-order valence-corrected chi connectivity index (χ1v) is 16.4. The summed E-state index contributed by atoms with van der Waals surface area (Å²) in [7, 11) is -6.13. The maximum atomic E-state index is 13.6. The molecule has 0 spiro atoms. The molecule has 0 fully saturated rings. The van der Waals surface area contributed by atoms with Crippen molar-refractivity contribution in [2.45, 2.75) is 70.1 Å². The first-order chi connectivity index (χ1) is 15.9. The van der Waals surface area contributed by atoms with Crippen LogP contribution in [-0.2, 0) is 21.1 Å². The SMILES string of the molecule is C=CCCN(CCCN(O[Si](C)(C)C(C)(C)C)S(=O)(=O)c1ccc(C)cc1)Cc1ccccc1. The van der Waals surface area contributed by atoms with Gasteiger partial charge in [0.15, 0.2) is 0 Å². The van der Waals surface area contributed by atoms with Crippen LogP contribution in [0.25, 0.3) is 0 Å². The molecule has 0 heterocycles. The fourth-order valence-electron chi connectivity index (χ4n) is 3.24. The van der Waals surface area contributed by atoms with E-state index in [2.05, 4.69) is 57.5 Å². The van der Waals surface area contributed by atoms with Gasteiger partial charge >= 0.3 is 0 Å². The molecule has 2 aromatic carbocycles. The van der Waals surface area contributed by atoms with Gasteiger partial charge in [-0.2, -0.15) is 0 Å². The molecule has 0 aliphatic carbocycles. The van der Waals surface area contributed by atoms with Gasteiger partial charge in [-0.05, 0) is 62.1 Å². The van der Waals surface area contributed by atoms with Gasteiger partial charge in [-0.1, -0.05) is 79.3 Å². The molecular weight excluding hydrogens is 460 g/mol. The normalized spacial score (nSPS) is 12.9. The van der Waals surface area contributed by atoms with E-state index in [4.69, 9.17) is 4.53 Å². The molecule has 5 nitrogen and oxygen atoms in total. The topological polar surface area (TPSA) is 49.9 Å². The van der Waals surface area contributed by atoms with Gasteiger partial charge in [0.1, 0.15) is 0 Å². The quantitative estimate of drug-likeness (QED) is 0.181. The third-order valence-corrected chi connectivity index (χ3v) is 12.5. The van der Waals surface area contributed by atoms with Gasteiger partial charge in [0.25, 0.3) is 10.0 Å². The number of hydrogen-bond donors (Lipinski definition) is 0. The van der Waals surface area contributed by atoms with Crippen LogP contribution in [0.1, 0.15) is 44.7 Å². The lowest BCUT2D eigenvalue weighted by atomic mass is 10.2. The Labute approximate surface area is 208 Å². The first kappa shape index (κ1) is 28.5. The summed E-state index contributed by atoms with van der Waals surface area (Å²) in [6.07, 6.45) is 3.48. The molecule has 2 rings (SSSR count). The molecule has 0 aliphatic rings. The molecule has 0 amide bonds. The lowest BCUT2D eigenvalue weighted by molar-refractivity contribution is 0.0153. The summed E-state index contributed by atoms with van der Waals surface area (Å²) in [5, 5.41) is -0.114. The fraction of sp³-hybridized carbons (Fsp3) is 0.481.